The summed E-state index contributed by atoms with van der Waals surface area (Å²) in [4.78, 5) is 12.4. The SMILES string of the molecule is O=CCN1CCC(CCO)CC1. The maximum absolute atomic E-state index is 10.2. The van der Waals surface area contributed by atoms with Crippen LogP contribution in [0.5, 0.6) is 0 Å². The second kappa shape index (κ2) is 5.27. The summed E-state index contributed by atoms with van der Waals surface area (Å²) in [7, 11) is 0. The quantitative estimate of drug-likeness (QED) is 0.618. The highest BCUT2D eigenvalue weighted by Gasteiger charge is 2.17. The molecule has 12 heavy (non-hydrogen) atoms. The molecule has 70 valence electrons. The number of aliphatic hydroxyl groups excluding tert-OH is 1. The number of nitrogens with zero attached hydrogens (tertiary/aromatic N) is 1. The minimum Gasteiger partial charge on any atom is -0.396 e. The Labute approximate surface area is 73.4 Å². The van der Waals surface area contributed by atoms with Gasteiger partial charge >= 0.3 is 0 Å². The third-order valence-corrected chi connectivity index (χ3v) is 2.58. The molecule has 0 atom stereocenters. The lowest BCUT2D eigenvalue weighted by molar-refractivity contribution is -0.109. The smallest absolute Gasteiger partial charge is 0.133 e. The van der Waals surface area contributed by atoms with Crippen molar-refractivity contribution in [1.82, 2.24) is 4.90 Å². The fourth-order valence-electron chi connectivity index (χ4n) is 1.75. The maximum atomic E-state index is 10.2. The van der Waals surface area contributed by atoms with Crippen LogP contribution in [0, 0.1) is 5.92 Å². The van der Waals surface area contributed by atoms with E-state index in [9.17, 15) is 4.79 Å². The summed E-state index contributed by atoms with van der Waals surface area (Å²) in [6.45, 7) is 2.91. The van der Waals surface area contributed by atoms with Crippen molar-refractivity contribution in [2.24, 2.45) is 5.92 Å². The topological polar surface area (TPSA) is 40.5 Å². The van der Waals surface area contributed by atoms with E-state index in [4.69, 9.17) is 5.11 Å². The Morgan fingerprint density at radius 1 is 1.42 bits per heavy atom. The van der Waals surface area contributed by atoms with Crippen LogP contribution in [-0.2, 0) is 4.79 Å². The highest BCUT2D eigenvalue weighted by molar-refractivity contribution is 5.51. The lowest BCUT2D eigenvalue weighted by atomic mass is 9.94. The molecule has 0 aromatic rings. The molecule has 1 aliphatic rings. The molecule has 1 saturated heterocycles. The number of aldehydes is 1. The Balaban J connectivity index is 2.15. The largest absolute Gasteiger partial charge is 0.396 e. The van der Waals surface area contributed by atoms with Crippen LogP contribution in [0.1, 0.15) is 19.3 Å². The zero-order chi connectivity index (χ0) is 8.81. The molecule has 0 aliphatic carbocycles. The molecule has 0 saturated carbocycles. The molecular weight excluding hydrogens is 154 g/mol. The number of likely N-dealkylation sites (tertiary alicyclic amines) is 1. The first-order chi connectivity index (χ1) is 5.86. The predicted octanol–water partition coefficient (Wildman–Crippen LogP) is 0.280. The van der Waals surface area contributed by atoms with E-state index in [1.54, 1.807) is 0 Å². The first-order valence-electron chi connectivity index (χ1n) is 4.63. The highest BCUT2D eigenvalue weighted by atomic mass is 16.3. The molecule has 1 heterocycles. The van der Waals surface area contributed by atoms with Gasteiger partial charge in [0.1, 0.15) is 6.29 Å². The number of piperidine rings is 1. The zero-order valence-electron chi connectivity index (χ0n) is 7.41. The van der Waals surface area contributed by atoms with Crippen molar-refractivity contribution in [2.75, 3.05) is 26.2 Å². The van der Waals surface area contributed by atoms with Crippen molar-refractivity contribution in [3.63, 3.8) is 0 Å². The average Bonchev–Trinajstić information content (AvgIpc) is 2.09. The number of carbonyl (C=O) groups is 1. The van der Waals surface area contributed by atoms with Crippen molar-refractivity contribution in [3.05, 3.63) is 0 Å². The first-order valence-corrected chi connectivity index (χ1v) is 4.63. The van der Waals surface area contributed by atoms with Crippen LogP contribution >= 0.6 is 0 Å². The molecule has 0 unspecified atom stereocenters. The Morgan fingerprint density at radius 2 is 2.08 bits per heavy atom. The van der Waals surface area contributed by atoms with E-state index in [1.807, 2.05) is 0 Å². The van der Waals surface area contributed by atoms with Gasteiger partial charge in [0.05, 0.1) is 6.54 Å². The van der Waals surface area contributed by atoms with Gasteiger partial charge in [-0.05, 0) is 38.3 Å². The third kappa shape index (κ3) is 2.91. The summed E-state index contributed by atoms with van der Waals surface area (Å²) in [5, 5.41) is 8.72. The van der Waals surface area contributed by atoms with Gasteiger partial charge in [0, 0.05) is 6.61 Å². The summed E-state index contributed by atoms with van der Waals surface area (Å²) in [6, 6.07) is 0. The van der Waals surface area contributed by atoms with Crippen molar-refractivity contribution < 1.29 is 9.90 Å². The van der Waals surface area contributed by atoms with Crippen LogP contribution in [0.4, 0.5) is 0 Å². The minimum atomic E-state index is 0.304. The van der Waals surface area contributed by atoms with E-state index in [2.05, 4.69) is 4.90 Å². The van der Waals surface area contributed by atoms with Gasteiger partial charge in [-0.1, -0.05) is 0 Å². The standard InChI is InChI=1S/C9H17NO2/c11-7-3-9-1-4-10(5-2-9)6-8-12/h8-9,11H,1-7H2. The van der Waals surface area contributed by atoms with Crippen LogP contribution < -0.4 is 0 Å². The molecule has 0 radical (unpaired) electrons. The second-order valence-electron chi connectivity index (χ2n) is 3.42. The molecule has 0 aromatic heterocycles. The molecule has 1 aliphatic heterocycles. The average molecular weight is 171 g/mol. The number of hydrogen-bond donors (Lipinski definition) is 1. The van der Waals surface area contributed by atoms with Crippen LogP contribution in [0.2, 0.25) is 0 Å². The van der Waals surface area contributed by atoms with Crippen LogP contribution in [0.15, 0.2) is 0 Å². The Morgan fingerprint density at radius 3 is 2.58 bits per heavy atom. The number of carbonyl (C=O) groups excluding carboxylic acids is 1. The number of hydrogen-bond acceptors (Lipinski definition) is 3. The number of aliphatic hydroxyl groups is 1. The lowest BCUT2D eigenvalue weighted by Gasteiger charge is -2.30. The number of rotatable bonds is 4. The van der Waals surface area contributed by atoms with Crippen LogP contribution in [0.3, 0.4) is 0 Å². The van der Waals surface area contributed by atoms with Gasteiger partial charge in [-0.3, -0.25) is 4.90 Å². The van der Waals surface area contributed by atoms with E-state index < -0.39 is 0 Å². The van der Waals surface area contributed by atoms with Gasteiger partial charge < -0.3 is 9.90 Å². The highest BCUT2D eigenvalue weighted by Crippen LogP contribution is 2.19. The summed E-state index contributed by atoms with van der Waals surface area (Å²) < 4.78 is 0. The van der Waals surface area contributed by atoms with Crippen molar-refractivity contribution in [1.29, 1.82) is 0 Å². The summed E-state index contributed by atoms with van der Waals surface area (Å²) >= 11 is 0. The van der Waals surface area contributed by atoms with E-state index >= 15 is 0 Å². The minimum absolute atomic E-state index is 0.304. The van der Waals surface area contributed by atoms with E-state index in [0.717, 1.165) is 38.6 Å². The van der Waals surface area contributed by atoms with Gasteiger partial charge in [-0.25, -0.2) is 0 Å². The van der Waals surface area contributed by atoms with Gasteiger partial charge in [-0.2, -0.15) is 0 Å². The van der Waals surface area contributed by atoms with Gasteiger partial charge in [0.25, 0.3) is 0 Å². The molecular formula is C9H17NO2. The molecule has 3 heteroatoms. The first kappa shape index (κ1) is 9.68. The normalized spacial score (nSPS) is 21.1. The van der Waals surface area contributed by atoms with E-state index in [-0.39, 0.29) is 0 Å². The summed E-state index contributed by atoms with van der Waals surface area (Å²) in [5.74, 6) is 0.679. The molecule has 3 nitrogen and oxygen atoms in total. The summed E-state index contributed by atoms with van der Waals surface area (Å²) in [5.41, 5.74) is 0. The molecule has 0 bridgehead atoms. The second-order valence-corrected chi connectivity index (χ2v) is 3.42. The fourth-order valence-corrected chi connectivity index (χ4v) is 1.75. The Kier molecular flexibility index (Phi) is 4.25. The van der Waals surface area contributed by atoms with E-state index in [1.165, 1.54) is 0 Å². The molecule has 0 amide bonds. The predicted molar refractivity (Wildman–Crippen MR) is 46.9 cm³/mol. The van der Waals surface area contributed by atoms with Gasteiger partial charge in [0.2, 0.25) is 0 Å². The molecule has 1 N–H and O–H groups in total. The van der Waals surface area contributed by atoms with Crippen LogP contribution in [-0.4, -0.2) is 42.5 Å². The van der Waals surface area contributed by atoms with Crippen molar-refractivity contribution in [3.8, 4) is 0 Å². The maximum Gasteiger partial charge on any atom is 0.133 e. The van der Waals surface area contributed by atoms with Crippen LogP contribution in [0.25, 0.3) is 0 Å². The molecule has 0 aromatic carbocycles. The third-order valence-electron chi connectivity index (χ3n) is 2.58. The fraction of sp³-hybridized carbons (Fsp3) is 0.889. The van der Waals surface area contributed by atoms with Crippen molar-refractivity contribution >= 4 is 6.29 Å². The zero-order valence-corrected chi connectivity index (χ0v) is 7.41. The van der Waals surface area contributed by atoms with Crippen molar-refractivity contribution in [2.45, 2.75) is 19.3 Å². The Bertz CT molecular complexity index is 130. The monoisotopic (exact) mass is 171 g/mol. The molecule has 1 fully saturated rings. The summed E-state index contributed by atoms with van der Waals surface area (Å²) in [6.07, 6.45) is 4.16. The van der Waals surface area contributed by atoms with Gasteiger partial charge in [-0.15, -0.1) is 0 Å². The van der Waals surface area contributed by atoms with Gasteiger partial charge in [0.15, 0.2) is 0 Å². The van der Waals surface area contributed by atoms with E-state index in [0.29, 0.717) is 19.1 Å². The Hall–Kier alpha value is -0.410. The molecule has 1 rings (SSSR count). The molecule has 0 spiro atoms. The lowest BCUT2D eigenvalue weighted by Crippen LogP contribution is -2.35.